The van der Waals surface area contributed by atoms with E-state index >= 15 is 0 Å². The molecule has 0 aromatic heterocycles. The van der Waals surface area contributed by atoms with Crippen molar-refractivity contribution >= 4 is 27.3 Å². The Labute approximate surface area is 125 Å². The van der Waals surface area contributed by atoms with E-state index in [-0.39, 0.29) is 17.3 Å². The van der Waals surface area contributed by atoms with Crippen LogP contribution in [0.3, 0.4) is 0 Å². The molecule has 0 aliphatic carbocycles. The lowest BCUT2D eigenvalue weighted by atomic mass is 10.2. The van der Waals surface area contributed by atoms with E-state index in [0.29, 0.717) is 17.9 Å². The molecule has 3 N–H and O–H groups in total. The molecule has 21 heavy (non-hydrogen) atoms. The van der Waals surface area contributed by atoms with Crippen LogP contribution in [-0.4, -0.2) is 53.5 Å². The lowest BCUT2D eigenvalue weighted by molar-refractivity contribution is -0.127. The van der Waals surface area contributed by atoms with Crippen molar-refractivity contribution in [2.45, 2.75) is 11.8 Å². The van der Waals surface area contributed by atoms with Gasteiger partial charge in [-0.3, -0.25) is 4.79 Å². The number of benzene rings is 1. The first-order valence-corrected chi connectivity index (χ1v) is 7.97. The second-order valence-corrected chi connectivity index (χ2v) is 6.63. The first-order chi connectivity index (χ1) is 9.69. The number of hydrogen-bond acceptors (Lipinski definition) is 5. The number of likely N-dealkylation sites (N-methyl/N-ethyl adjacent to an activating group) is 2. The summed E-state index contributed by atoms with van der Waals surface area (Å²) >= 11 is 0. The number of nitrogens with one attached hydrogen (secondary N) is 1. The fraction of sp³-hybridized carbons (Fsp3) is 0.462. The third-order valence-electron chi connectivity index (χ3n) is 2.93. The van der Waals surface area contributed by atoms with Crippen molar-refractivity contribution in [2.24, 2.45) is 0 Å². The fourth-order valence-corrected chi connectivity index (χ4v) is 2.78. The Hall–Kier alpha value is -1.80. The first-order valence-electron chi connectivity index (χ1n) is 6.49. The Balaban J connectivity index is 3.11. The topological polar surface area (TPSA) is 95.7 Å². The Kier molecular flexibility index (Phi) is 5.56. The molecule has 7 nitrogen and oxygen atoms in total. The van der Waals surface area contributed by atoms with Crippen LogP contribution in [0, 0.1) is 0 Å². The average Bonchev–Trinajstić information content (AvgIpc) is 2.38. The summed E-state index contributed by atoms with van der Waals surface area (Å²) in [6.07, 6.45) is 0. The molecule has 0 atom stereocenters. The van der Waals surface area contributed by atoms with Crippen LogP contribution in [0.5, 0.6) is 0 Å². The van der Waals surface area contributed by atoms with Gasteiger partial charge in [0.1, 0.15) is 0 Å². The number of sulfonamides is 1. The Morgan fingerprint density at radius 1 is 1.29 bits per heavy atom. The predicted octanol–water partition coefficient (Wildman–Crippen LogP) is 0.0914. The van der Waals surface area contributed by atoms with Crippen molar-refractivity contribution in [3.8, 4) is 0 Å². The van der Waals surface area contributed by atoms with E-state index in [2.05, 4.69) is 4.72 Å². The van der Waals surface area contributed by atoms with Crippen LogP contribution in [-0.2, 0) is 14.8 Å². The summed E-state index contributed by atoms with van der Waals surface area (Å²) in [6.45, 7) is 2.12. The van der Waals surface area contributed by atoms with Gasteiger partial charge in [0, 0.05) is 27.7 Å². The van der Waals surface area contributed by atoms with Crippen molar-refractivity contribution in [2.75, 3.05) is 44.9 Å². The Morgan fingerprint density at radius 2 is 1.90 bits per heavy atom. The maximum absolute atomic E-state index is 12.0. The number of carbonyl (C=O) groups excluding carboxylic acids is 1. The molecule has 0 saturated heterocycles. The number of nitrogens with two attached hydrogens (primary N) is 1. The molecule has 1 aromatic rings. The Morgan fingerprint density at radius 3 is 2.43 bits per heavy atom. The fourth-order valence-electron chi connectivity index (χ4n) is 1.72. The highest BCUT2D eigenvalue weighted by atomic mass is 32.2. The minimum Gasteiger partial charge on any atom is -0.397 e. The van der Waals surface area contributed by atoms with Gasteiger partial charge in [0.05, 0.1) is 22.8 Å². The second kappa shape index (κ2) is 6.77. The number of anilines is 2. The van der Waals surface area contributed by atoms with Crippen LogP contribution in [0.2, 0.25) is 0 Å². The molecule has 0 radical (unpaired) electrons. The molecular weight excluding hydrogens is 292 g/mol. The molecular formula is C13H22N4O3S. The van der Waals surface area contributed by atoms with Crippen LogP contribution >= 0.6 is 0 Å². The van der Waals surface area contributed by atoms with Crippen LogP contribution in [0.25, 0.3) is 0 Å². The molecule has 0 aliphatic heterocycles. The Bertz CT molecular complexity index is 614. The first kappa shape index (κ1) is 17.3. The van der Waals surface area contributed by atoms with E-state index < -0.39 is 10.0 Å². The number of carbonyl (C=O) groups is 1. The summed E-state index contributed by atoms with van der Waals surface area (Å²) in [5.74, 6) is -0.100. The second-order valence-electron chi connectivity index (χ2n) is 4.87. The lowest BCUT2D eigenvalue weighted by Crippen LogP contribution is -2.34. The van der Waals surface area contributed by atoms with Crippen molar-refractivity contribution in [1.82, 2.24) is 9.62 Å². The smallest absolute Gasteiger partial charge is 0.241 e. The maximum Gasteiger partial charge on any atom is 0.241 e. The van der Waals surface area contributed by atoms with E-state index in [1.807, 2.05) is 0 Å². The number of amides is 1. The zero-order valence-corrected chi connectivity index (χ0v) is 13.6. The molecule has 0 spiro atoms. The van der Waals surface area contributed by atoms with Gasteiger partial charge in [0.15, 0.2) is 0 Å². The van der Waals surface area contributed by atoms with E-state index in [0.717, 1.165) is 0 Å². The summed E-state index contributed by atoms with van der Waals surface area (Å²) in [5, 5.41) is 0. The standard InChI is InChI=1S/C13H22N4O3S/c1-5-15-21(19,20)10-6-7-11(14)12(8-10)17(4)9-13(18)16(2)3/h6-8,15H,5,9,14H2,1-4H3. The third kappa shape index (κ3) is 4.33. The van der Waals surface area contributed by atoms with Crippen LogP contribution < -0.4 is 15.4 Å². The van der Waals surface area contributed by atoms with Gasteiger partial charge in [-0.15, -0.1) is 0 Å². The van der Waals surface area contributed by atoms with Gasteiger partial charge >= 0.3 is 0 Å². The predicted molar refractivity (Wildman–Crippen MR) is 83.7 cm³/mol. The normalized spacial score (nSPS) is 11.2. The van der Waals surface area contributed by atoms with Gasteiger partial charge in [-0.25, -0.2) is 13.1 Å². The highest BCUT2D eigenvalue weighted by molar-refractivity contribution is 7.89. The summed E-state index contributed by atoms with van der Waals surface area (Å²) < 4.78 is 26.4. The van der Waals surface area contributed by atoms with Crippen LogP contribution in [0.15, 0.2) is 23.1 Å². The minimum absolute atomic E-state index is 0.100. The monoisotopic (exact) mass is 314 g/mol. The molecule has 118 valence electrons. The molecule has 0 saturated carbocycles. The number of hydrogen-bond donors (Lipinski definition) is 2. The van der Waals surface area contributed by atoms with Crippen LogP contribution in [0.4, 0.5) is 11.4 Å². The van der Waals surface area contributed by atoms with Crippen LogP contribution in [0.1, 0.15) is 6.92 Å². The molecule has 1 aromatic carbocycles. The number of nitrogen functional groups attached to an aromatic ring is 1. The van der Waals surface area contributed by atoms with Gasteiger partial charge in [-0.05, 0) is 18.2 Å². The van der Waals surface area contributed by atoms with E-state index in [4.69, 9.17) is 5.73 Å². The van der Waals surface area contributed by atoms with Crippen molar-refractivity contribution in [3.63, 3.8) is 0 Å². The van der Waals surface area contributed by atoms with E-state index in [1.165, 1.54) is 23.1 Å². The van der Waals surface area contributed by atoms with E-state index in [1.54, 1.807) is 33.0 Å². The van der Waals surface area contributed by atoms with Gasteiger partial charge in [-0.1, -0.05) is 6.92 Å². The largest absolute Gasteiger partial charge is 0.397 e. The molecule has 1 rings (SSSR count). The van der Waals surface area contributed by atoms with Gasteiger partial charge < -0.3 is 15.5 Å². The number of nitrogens with zero attached hydrogens (tertiary/aromatic N) is 2. The van der Waals surface area contributed by atoms with E-state index in [9.17, 15) is 13.2 Å². The highest BCUT2D eigenvalue weighted by Crippen LogP contribution is 2.25. The highest BCUT2D eigenvalue weighted by Gasteiger charge is 2.17. The summed E-state index contributed by atoms with van der Waals surface area (Å²) in [4.78, 5) is 14.9. The quantitative estimate of drug-likeness (QED) is 0.726. The van der Waals surface area contributed by atoms with Crippen molar-refractivity contribution in [3.05, 3.63) is 18.2 Å². The molecule has 0 aliphatic rings. The molecule has 0 bridgehead atoms. The van der Waals surface area contributed by atoms with Gasteiger partial charge in [-0.2, -0.15) is 0 Å². The third-order valence-corrected chi connectivity index (χ3v) is 4.47. The average molecular weight is 314 g/mol. The summed E-state index contributed by atoms with van der Waals surface area (Å²) in [5.41, 5.74) is 6.80. The van der Waals surface area contributed by atoms with Crippen molar-refractivity contribution < 1.29 is 13.2 Å². The zero-order valence-electron chi connectivity index (χ0n) is 12.8. The summed E-state index contributed by atoms with van der Waals surface area (Å²) in [6, 6.07) is 4.44. The summed E-state index contributed by atoms with van der Waals surface area (Å²) in [7, 11) is 1.45. The molecule has 1 amide bonds. The zero-order chi connectivity index (χ0) is 16.2. The molecule has 8 heteroatoms. The lowest BCUT2D eigenvalue weighted by Gasteiger charge is -2.23. The van der Waals surface area contributed by atoms with Crippen molar-refractivity contribution in [1.29, 1.82) is 0 Å². The molecule has 0 heterocycles. The van der Waals surface area contributed by atoms with Gasteiger partial charge in [0.2, 0.25) is 15.9 Å². The molecule has 0 unspecified atom stereocenters. The van der Waals surface area contributed by atoms with Gasteiger partial charge in [0.25, 0.3) is 0 Å². The molecule has 0 fully saturated rings. The minimum atomic E-state index is -3.56. The number of rotatable bonds is 6. The maximum atomic E-state index is 12.0. The SMILES string of the molecule is CCNS(=O)(=O)c1ccc(N)c(N(C)CC(=O)N(C)C)c1.